The predicted molar refractivity (Wildman–Crippen MR) is 119 cm³/mol. The van der Waals surface area contributed by atoms with Crippen LogP contribution in [0.15, 0.2) is 18.3 Å². The Hall–Kier alpha value is -2.57. The Morgan fingerprint density at radius 2 is 2.03 bits per heavy atom. The zero-order valence-electron chi connectivity index (χ0n) is 19.0. The van der Waals surface area contributed by atoms with E-state index < -0.39 is 6.43 Å². The highest BCUT2D eigenvalue weighted by atomic mass is 19.3. The molecule has 2 aromatic rings. The Kier molecular flexibility index (Phi) is 5.18. The lowest BCUT2D eigenvalue weighted by Crippen LogP contribution is -2.34. The van der Waals surface area contributed by atoms with Crippen molar-refractivity contribution in [2.75, 3.05) is 18.0 Å². The highest BCUT2D eigenvalue weighted by Gasteiger charge is 2.37. The average Bonchev–Trinajstić information content (AvgIpc) is 3.40. The third-order valence-electron chi connectivity index (χ3n) is 7.42. The molecule has 0 spiro atoms. The van der Waals surface area contributed by atoms with Gasteiger partial charge in [-0.15, -0.1) is 0 Å². The van der Waals surface area contributed by atoms with Crippen molar-refractivity contribution in [2.45, 2.75) is 66.0 Å². The zero-order chi connectivity index (χ0) is 22.6. The molecule has 1 saturated heterocycles. The molecule has 0 N–H and O–H groups in total. The monoisotopic (exact) mass is 440 g/mol. The molecule has 0 aromatic carbocycles. The number of carbonyl (C=O) groups is 1. The number of pyridine rings is 2. The summed E-state index contributed by atoms with van der Waals surface area (Å²) in [6.45, 7) is 9.19. The minimum atomic E-state index is -2.59. The van der Waals surface area contributed by atoms with Crippen LogP contribution in [0, 0.1) is 18.3 Å². The highest BCUT2D eigenvalue weighted by molar-refractivity contribution is 5.81. The Labute approximate surface area is 187 Å². The molecule has 5 rings (SSSR count). The molecule has 2 aromatic heterocycles. The van der Waals surface area contributed by atoms with Crippen LogP contribution in [0.2, 0.25) is 0 Å². The van der Waals surface area contributed by atoms with E-state index in [9.17, 15) is 13.6 Å². The molecule has 0 saturated carbocycles. The second kappa shape index (κ2) is 7.78. The fourth-order valence-electron chi connectivity index (χ4n) is 5.59. The van der Waals surface area contributed by atoms with E-state index in [0.29, 0.717) is 37.3 Å². The summed E-state index contributed by atoms with van der Waals surface area (Å²) in [6.07, 6.45) is 2.83. The van der Waals surface area contributed by atoms with E-state index in [-0.39, 0.29) is 17.5 Å². The number of halogens is 2. The molecule has 1 atom stereocenters. The maximum absolute atomic E-state index is 13.4. The molecule has 1 aliphatic carbocycles. The standard InChI is InChI=1S/C25H30F2N4O/c1-15-19-11-25(2,3)7-4-18(19)20-13-31(14-22(20)29-15)24(32)16-6-9-30(12-16)17-5-8-28-21(10-17)23(26)27/h5,8,10,16,23H,4,6-7,9,11-14H2,1-3H3/t16-/m1/s1. The van der Waals surface area contributed by atoms with Crippen molar-refractivity contribution in [1.29, 1.82) is 0 Å². The number of alkyl halides is 2. The van der Waals surface area contributed by atoms with Gasteiger partial charge in [-0.2, -0.15) is 0 Å². The third kappa shape index (κ3) is 3.76. The van der Waals surface area contributed by atoms with Gasteiger partial charge < -0.3 is 9.80 Å². The first-order valence-electron chi connectivity index (χ1n) is 11.5. The van der Waals surface area contributed by atoms with Crippen LogP contribution in [-0.2, 0) is 30.7 Å². The number of amides is 1. The number of anilines is 1. The summed E-state index contributed by atoms with van der Waals surface area (Å²) in [7, 11) is 0. The molecule has 3 aliphatic rings. The van der Waals surface area contributed by atoms with E-state index in [1.807, 2.05) is 9.80 Å². The second-order valence-corrected chi connectivity index (χ2v) is 10.3. The SMILES string of the molecule is Cc1nc2c(c3c1CC(C)(C)CC3)CN(C(=O)[C@@H]1CCN(c3ccnc(C(F)F)c3)C1)C2. The van der Waals surface area contributed by atoms with Gasteiger partial charge >= 0.3 is 0 Å². The first kappa shape index (κ1) is 21.3. The molecule has 4 heterocycles. The van der Waals surface area contributed by atoms with Crippen LogP contribution in [0.4, 0.5) is 14.5 Å². The Balaban J connectivity index is 1.30. The van der Waals surface area contributed by atoms with Gasteiger partial charge in [-0.25, -0.2) is 8.78 Å². The minimum Gasteiger partial charge on any atom is -0.371 e. The summed E-state index contributed by atoms with van der Waals surface area (Å²) in [4.78, 5) is 26.0. The smallest absolute Gasteiger partial charge is 0.280 e. The number of hydrogen-bond acceptors (Lipinski definition) is 4. The van der Waals surface area contributed by atoms with Gasteiger partial charge in [-0.05, 0) is 66.8 Å². The summed E-state index contributed by atoms with van der Waals surface area (Å²) in [5, 5.41) is 0. The maximum atomic E-state index is 13.4. The first-order chi connectivity index (χ1) is 15.2. The van der Waals surface area contributed by atoms with Crippen molar-refractivity contribution in [3.8, 4) is 0 Å². The van der Waals surface area contributed by atoms with Gasteiger partial charge in [0.2, 0.25) is 5.91 Å². The number of fused-ring (bicyclic) bond motifs is 3. The Bertz CT molecular complexity index is 1070. The van der Waals surface area contributed by atoms with E-state index >= 15 is 0 Å². The van der Waals surface area contributed by atoms with Crippen LogP contribution in [0.25, 0.3) is 0 Å². The Morgan fingerprint density at radius 3 is 2.81 bits per heavy atom. The van der Waals surface area contributed by atoms with Crippen molar-refractivity contribution >= 4 is 11.6 Å². The van der Waals surface area contributed by atoms with Gasteiger partial charge in [-0.3, -0.25) is 14.8 Å². The molecule has 7 heteroatoms. The summed E-state index contributed by atoms with van der Waals surface area (Å²) in [5.74, 6) is 0.0273. The van der Waals surface area contributed by atoms with Crippen LogP contribution < -0.4 is 4.90 Å². The second-order valence-electron chi connectivity index (χ2n) is 10.3. The summed E-state index contributed by atoms with van der Waals surface area (Å²) < 4.78 is 26.0. The van der Waals surface area contributed by atoms with Crippen molar-refractivity contribution in [2.24, 2.45) is 11.3 Å². The van der Waals surface area contributed by atoms with E-state index in [2.05, 4.69) is 25.8 Å². The Morgan fingerprint density at radius 1 is 1.22 bits per heavy atom. The number of rotatable bonds is 3. The molecule has 0 unspecified atom stereocenters. The minimum absolute atomic E-state index is 0.122. The fraction of sp³-hybridized carbons (Fsp3) is 0.560. The number of nitrogens with zero attached hydrogens (tertiary/aromatic N) is 4. The quantitative estimate of drug-likeness (QED) is 0.700. The highest BCUT2D eigenvalue weighted by Crippen LogP contribution is 2.40. The molecule has 2 aliphatic heterocycles. The average molecular weight is 441 g/mol. The van der Waals surface area contributed by atoms with E-state index in [0.717, 1.165) is 37.1 Å². The maximum Gasteiger partial charge on any atom is 0.280 e. The first-order valence-corrected chi connectivity index (χ1v) is 11.5. The molecular formula is C25H30F2N4O. The summed E-state index contributed by atoms with van der Waals surface area (Å²) in [6, 6.07) is 3.18. The number of hydrogen-bond donors (Lipinski definition) is 0. The largest absolute Gasteiger partial charge is 0.371 e. The number of aromatic nitrogens is 2. The van der Waals surface area contributed by atoms with Gasteiger partial charge in [0.1, 0.15) is 5.69 Å². The van der Waals surface area contributed by atoms with Crippen LogP contribution in [0.3, 0.4) is 0 Å². The molecule has 5 nitrogen and oxygen atoms in total. The van der Waals surface area contributed by atoms with Crippen molar-refractivity contribution in [3.05, 3.63) is 52.1 Å². The molecule has 1 amide bonds. The molecule has 1 fully saturated rings. The van der Waals surface area contributed by atoms with Gasteiger partial charge in [0.15, 0.2) is 0 Å². The van der Waals surface area contributed by atoms with Crippen molar-refractivity contribution in [3.63, 3.8) is 0 Å². The van der Waals surface area contributed by atoms with Crippen LogP contribution in [-0.4, -0.2) is 33.9 Å². The third-order valence-corrected chi connectivity index (χ3v) is 7.42. The van der Waals surface area contributed by atoms with E-state index in [1.165, 1.54) is 29.0 Å². The summed E-state index contributed by atoms with van der Waals surface area (Å²) in [5.41, 5.74) is 7.03. The van der Waals surface area contributed by atoms with Gasteiger partial charge in [-0.1, -0.05) is 13.8 Å². The lowest BCUT2D eigenvalue weighted by molar-refractivity contribution is -0.135. The van der Waals surface area contributed by atoms with Crippen LogP contribution in [0.1, 0.15) is 66.9 Å². The predicted octanol–water partition coefficient (Wildman–Crippen LogP) is 4.61. The normalized spacial score (nSPS) is 21.8. The van der Waals surface area contributed by atoms with Crippen LogP contribution >= 0.6 is 0 Å². The summed E-state index contributed by atoms with van der Waals surface area (Å²) >= 11 is 0. The van der Waals surface area contributed by atoms with Crippen LogP contribution in [0.5, 0.6) is 0 Å². The number of aryl methyl sites for hydroxylation is 1. The topological polar surface area (TPSA) is 49.3 Å². The lowest BCUT2D eigenvalue weighted by atomic mass is 9.73. The van der Waals surface area contributed by atoms with Gasteiger partial charge in [0.05, 0.1) is 18.2 Å². The molecular weight excluding hydrogens is 410 g/mol. The van der Waals surface area contributed by atoms with E-state index in [4.69, 9.17) is 4.98 Å². The molecule has 0 radical (unpaired) electrons. The van der Waals surface area contributed by atoms with Gasteiger partial charge in [0, 0.05) is 37.2 Å². The lowest BCUT2D eigenvalue weighted by Gasteiger charge is -2.33. The van der Waals surface area contributed by atoms with Crippen molar-refractivity contribution < 1.29 is 13.6 Å². The molecule has 32 heavy (non-hydrogen) atoms. The number of carbonyl (C=O) groups excluding carboxylic acids is 1. The van der Waals surface area contributed by atoms with E-state index in [1.54, 1.807) is 6.07 Å². The molecule has 170 valence electrons. The van der Waals surface area contributed by atoms with Gasteiger partial charge in [0.25, 0.3) is 6.43 Å². The zero-order valence-corrected chi connectivity index (χ0v) is 19.0. The molecule has 0 bridgehead atoms. The fourth-order valence-corrected chi connectivity index (χ4v) is 5.59. The van der Waals surface area contributed by atoms with Crippen molar-refractivity contribution in [1.82, 2.24) is 14.9 Å².